The van der Waals surface area contributed by atoms with Crippen molar-refractivity contribution in [1.82, 2.24) is 0 Å². The molecule has 0 aliphatic carbocycles. The zero-order chi connectivity index (χ0) is 19.4. The lowest BCUT2D eigenvalue weighted by molar-refractivity contribution is 1.55. The fraction of sp³-hybridized carbons (Fsp3) is 0. The Bertz CT molecular complexity index is 1000. The standard InChI is InChI=1S/C24H18Cl2NP/c25-22-17-10-18-23(26)24(22)27-28(19-11-4-1-5-12-19,20-13-6-2-7-14-20)21-15-8-3-9-16-21/h1-18H. The Morgan fingerprint density at radius 3 is 1.18 bits per heavy atom. The number of hydrogen-bond acceptors (Lipinski definition) is 1. The van der Waals surface area contributed by atoms with Crippen molar-refractivity contribution >= 4 is 51.9 Å². The van der Waals surface area contributed by atoms with Crippen LogP contribution in [0.3, 0.4) is 0 Å². The molecule has 0 aromatic heterocycles. The highest BCUT2D eigenvalue weighted by atomic mass is 35.5. The molecule has 0 saturated carbocycles. The molecule has 0 unspecified atom stereocenters. The summed E-state index contributed by atoms with van der Waals surface area (Å²) in [5, 5.41) is 4.58. The lowest BCUT2D eigenvalue weighted by Gasteiger charge is -2.27. The van der Waals surface area contributed by atoms with Crippen LogP contribution in [0.2, 0.25) is 10.0 Å². The first kappa shape index (κ1) is 19.0. The SMILES string of the molecule is Clc1cccc(Cl)c1N=P(c1ccccc1)(c1ccccc1)c1ccccc1. The van der Waals surface area contributed by atoms with Crippen LogP contribution in [0, 0.1) is 0 Å². The van der Waals surface area contributed by atoms with Crippen LogP contribution < -0.4 is 15.9 Å². The lowest BCUT2D eigenvalue weighted by atomic mass is 10.3. The van der Waals surface area contributed by atoms with Crippen molar-refractivity contribution in [2.24, 2.45) is 4.74 Å². The van der Waals surface area contributed by atoms with Gasteiger partial charge in [-0.1, -0.05) is 120 Å². The molecule has 138 valence electrons. The van der Waals surface area contributed by atoms with Gasteiger partial charge in [0.25, 0.3) is 0 Å². The third kappa shape index (κ3) is 3.54. The van der Waals surface area contributed by atoms with E-state index in [1.807, 2.05) is 36.4 Å². The molecule has 0 bridgehead atoms. The predicted octanol–water partition coefficient (Wildman–Crippen LogP) is 6.80. The molecule has 0 aliphatic heterocycles. The van der Waals surface area contributed by atoms with E-state index in [4.69, 9.17) is 27.9 Å². The van der Waals surface area contributed by atoms with Crippen molar-refractivity contribution in [2.75, 3.05) is 0 Å². The van der Waals surface area contributed by atoms with Gasteiger partial charge >= 0.3 is 0 Å². The van der Waals surface area contributed by atoms with E-state index in [-0.39, 0.29) is 0 Å². The molecule has 0 N–H and O–H groups in total. The minimum atomic E-state index is -2.37. The fourth-order valence-electron chi connectivity index (χ4n) is 3.29. The Balaban J connectivity index is 2.18. The van der Waals surface area contributed by atoms with Gasteiger partial charge in [0.2, 0.25) is 0 Å². The van der Waals surface area contributed by atoms with Crippen LogP contribution in [0.4, 0.5) is 5.69 Å². The van der Waals surface area contributed by atoms with Crippen molar-refractivity contribution in [2.45, 2.75) is 0 Å². The summed E-state index contributed by atoms with van der Waals surface area (Å²) in [6.07, 6.45) is 0. The van der Waals surface area contributed by atoms with Gasteiger partial charge in [-0.2, -0.15) is 0 Å². The zero-order valence-corrected chi connectivity index (χ0v) is 17.4. The van der Waals surface area contributed by atoms with Crippen LogP contribution in [0.25, 0.3) is 0 Å². The number of nitrogens with zero attached hydrogens (tertiary/aromatic N) is 1. The second-order valence-electron chi connectivity index (χ2n) is 6.31. The fourth-order valence-corrected chi connectivity index (χ4v) is 7.45. The van der Waals surface area contributed by atoms with Crippen molar-refractivity contribution in [3.8, 4) is 0 Å². The monoisotopic (exact) mass is 421 g/mol. The van der Waals surface area contributed by atoms with Gasteiger partial charge in [-0.05, 0) is 12.1 Å². The maximum Gasteiger partial charge on any atom is 0.0997 e. The van der Waals surface area contributed by atoms with Crippen LogP contribution in [-0.2, 0) is 0 Å². The summed E-state index contributed by atoms with van der Waals surface area (Å²) in [5.41, 5.74) is 0.635. The highest BCUT2D eigenvalue weighted by molar-refractivity contribution is 7.87. The van der Waals surface area contributed by atoms with Gasteiger partial charge in [-0.25, -0.2) is 0 Å². The molecule has 1 nitrogen and oxygen atoms in total. The van der Waals surface area contributed by atoms with E-state index in [2.05, 4.69) is 72.8 Å². The Labute approximate surface area is 175 Å². The Morgan fingerprint density at radius 2 is 0.821 bits per heavy atom. The Kier molecular flexibility index (Phi) is 5.69. The molecular formula is C24H18Cl2NP. The molecule has 0 radical (unpaired) electrons. The minimum Gasteiger partial charge on any atom is -0.251 e. The maximum atomic E-state index is 6.54. The highest BCUT2D eigenvalue weighted by Crippen LogP contribution is 2.51. The summed E-state index contributed by atoms with van der Waals surface area (Å²) in [6, 6.07) is 36.8. The molecule has 28 heavy (non-hydrogen) atoms. The third-order valence-electron chi connectivity index (χ3n) is 4.58. The molecule has 0 aliphatic rings. The van der Waals surface area contributed by atoms with Crippen molar-refractivity contribution in [1.29, 1.82) is 0 Å². The summed E-state index contributed by atoms with van der Waals surface area (Å²) in [5.74, 6) is 0. The smallest absolute Gasteiger partial charge is 0.0997 e. The Hall–Kier alpha value is -2.31. The largest absolute Gasteiger partial charge is 0.251 e. The summed E-state index contributed by atoms with van der Waals surface area (Å²) in [7, 11) is -2.37. The van der Waals surface area contributed by atoms with E-state index in [1.54, 1.807) is 0 Å². The van der Waals surface area contributed by atoms with E-state index in [9.17, 15) is 0 Å². The molecule has 0 heterocycles. The van der Waals surface area contributed by atoms with Gasteiger partial charge in [-0.15, -0.1) is 0 Å². The zero-order valence-electron chi connectivity index (χ0n) is 15.0. The number of halogens is 2. The van der Waals surface area contributed by atoms with E-state index in [0.29, 0.717) is 15.7 Å². The quantitative estimate of drug-likeness (QED) is 0.321. The van der Waals surface area contributed by atoms with Gasteiger partial charge in [0.1, 0.15) is 0 Å². The van der Waals surface area contributed by atoms with E-state index < -0.39 is 7.05 Å². The molecule has 0 fully saturated rings. The van der Waals surface area contributed by atoms with Crippen molar-refractivity contribution < 1.29 is 0 Å². The average molecular weight is 422 g/mol. The molecule has 4 aromatic carbocycles. The first-order valence-electron chi connectivity index (χ1n) is 8.95. The van der Waals surface area contributed by atoms with Crippen LogP contribution in [-0.4, -0.2) is 0 Å². The lowest BCUT2D eigenvalue weighted by Crippen LogP contribution is -2.25. The number of rotatable bonds is 4. The Morgan fingerprint density at radius 1 is 0.464 bits per heavy atom. The third-order valence-corrected chi connectivity index (χ3v) is 8.82. The summed E-state index contributed by atoms with van der Waals surface area (Å²) in [6.45, 7) is 0. The summed E-state index contributed by atoms with van der Waals surface area (Å²) < 4.78 is 5.35. The maximum absolute atomic E-state index is 6.54. The molecule has 4 heteroatoms. The average Bonchev–Trinajstić information content (AvgIpc) is 2.76. The first-order valence-corrected chi connectivity index (χ1v) is 11.4. The minimum absolute atomic E-state index is 0.555. The molecule has 0 spiro atoms. The van der Waals surface area contributed by atoms with Crippen LogP contribution in [0.5, 0.6) is 0 Å². The van der Waals surface area contributed by atoms with E-state index in [1.165, 1.54) is 0 Å². The van der Waals surface area contributed by atoms with Crippen LogP contribution in [0.15, 0.2) is 114 Å². The van der Waals surface area contributed by atoms with Crippen LogP contribution >= 0.6 is 30.3 Å². The number of hydrogen-bond donors (Lipinski definition) is 0. The molecule has 0 saturated heterocycles. The summed E-state index contributed by atoms with van der Waals surface area (Å²) in [4.78, 5) is 0. The molecular weight excluding hydrogens is 404 g/mol. The molecule has 4 aromatic rings. The van der Waals surface area contributed by atoms with Gasteiger partial charge in [0.15, 0.2) is 0 Å². The highest BCUT2D eigenvalue weighted by Gasteiger charge is 2.28. The summed E-state index contributed by atoms with van der Waals surface area (Å²) >= 11 is 13.1. The second kappa shape index (κ2) is 8.37. The van der Waals surface area contributed by atoms with Gasteiger partial charge in [0.05, 0.1) is 22.8 Å². The molecule has 0 atom stereocenters. The van der Waals surface area contributed by atoms with Gasteiger partial charge < -0.3 is 0 Å². The van der Waals surface area contributed by atoms with E-state index in [0.717, 1.165) is 15.9 Å². The topological polar surface area (TPSA) is 12.4 Å². The molecule has 4 rings (SSSR count). The van der Waals surface area contributed by atoms with Gasteiger partial charge in [-0.3, -0.25) is 4.74 Å². The molecule has 0 amide bonds. The second-order valence-corrected chi connectivity index (χ2v) is 10.1. The van der Waals surface area contributed by atoms with E-state index >= 15 is 0 Å². The normalized spacial score (nSPS) is 11.2. The van der Waals surface area contributed by atoms with Crippen molar-refractivity contribution in [3.63, 3.8) is 0 Å². The number of benzene rings is 4. The van der Waals surface area contributed by atoms with Crippen LogP contribution in [0.1, 0.15) is 0 Å². The van der Waals surface area contributed by atoms with Crippen molar-refractivity contribution in [3.05, 3.63) is 119 Å². The first-order chi connectivity index (χ1) is 13.7. The van der Waals surface area contributed by atoms with Gasteiger partial charge in [0, 0.05) is 15.9 Å². The predicted molar refractivity (Wildman–Crippen MR) is 124 cm³/mol.